The summed E-state index contributed by atoms with van der Waals surface area (Å²) in [5.41, 5.74) is 0.378. The second-order valence-electron chi connectivity index (χ2n) is 3.92. The number of aryl methyl sites for hydroxylation is 1. The van der Waals surface area contributed by atoms with Gasteiger partial charge in [-0.3, -0.25) is 4.79 Å². The molecule has 0 saturated carbocycles. The third-order valence-corrected chi connectivity index (χ3v) is 3.11. The average Bonchev–Trinajstić information content (AvgIpc) is 2.60. The molecule has 5 heteroatoms. The second kappa shape index (κ2) is 4.72. The van der Waals surface area contributed by atoms with Gasteiger partial charge in [0.25, 0.3) is 0 Å². The van der Waals surface area contributed by atoms with Crippen molar-refractivity contribution in [1.29, 1.82) is 0 Å². The lowest BCUT2D eigenvalue weighted by Gasteiger charge is -2.22. The fourth-order valence-electron chi connectivity index (χ4n) is 0.995. The molecular formula is C10H17N3OS. The maximum atomic E-state index is 11.7. The lowest BCUT2D eigenvalue weighted by atomic mass is 10.1. The summed E-state index contributed by atoms with van der Waals surface area (Å²) in [7, 11) is 1.77. The van der Waals surface area contributed by atoms with E-state index in [2.05, 4.69) is 15.6 Å². The van der Waals surface area contributed by atoms with Crippen molar-refractivity contribution in [3.05, 3.63) is 16.1 Å². The van der Waals surface area contributed by atoms with E-state index in [9.17, 15) is 4.79 Å². The van der Waals surface area contributed by atoms with Crippen LogP contribution in [0.5, 0.6) is 0 Å². The topological polar surface area (TPSA) is 54.0 Å². The first-order chi connectivity index (χ1) is 6.95. The Hall–Kier alpha value is -0.940. The fourth-order valence-corrected chi connectivity index (χ4v) is 1.61. The summed E-state index contributed by atoms with van der Waals surface area (Å²) in [4.78, 5) is 16.0. The number of carbonyl (C=O) groups excluding carboxylic acids is 1. The van der Waals surface area contributed by atoms with Gasteiger partial charge in [-0.25, -0.2) is 4.98 Å². The summed E-state index contributed by atoms with van der Waals surface area (Å²) in [6, 6.07) is 0. The third-order valence-electron chi connectivity index (χ3n) is 2.29. The Bertz CT molecular complexity index is 346. The first-order valence-corrected chi connectivity index (χ1v) is 5.72. The number of rotatable bonds is 4. The molecule has 1 amide bonds. The van der Waals surface area contributed by atoms with E-state index in [4.69, 9.17) is 0 Å². The van der Waals surface area contributed by atoms with Gasteiger partial charge in [-0.15, -0.1) is 11.3 Å². The molecule has 0 aliphatic rings. The van der Waals surface area contributed by atoms with Gasteiger partial charge in [0.15, 0.2) is 0 Å². The maximum absolute atomic E-state index is 11.7. The molecule has 15 heavy (non-hydrogen) atoms. The van der Waals surface area contributed by atoms with Crippen LogP contribution in [-0.2, 0) is 11.3 Å². The summed E-state index contributed by atoms with van der Waals surface area (Å²) < 4.78 is 0. The molecule has 2 N–H and O–H groups in total. The van der Waals surface area contributed by atoms with Gasteiger partial charge in [-0.1, -0.05) is 0 Å². The molecule has 1 aromatic rings. The van der Waals surface area contributed by atoms with Gasteiger partial charge in [0.2, 0.25) is 5.91 Å². The molecule has 0 aliphatic carbocycles. The van der Waals surface area contributed by atoms with E-state index >= 15 is 0 Å². The van der Waals surface area contributed by atoms with Crippen molar-refractivity contribution in [3.63, 3.8) is 0 Å². The van der Waals surface area contributed by atoms with Crippen molar-refractivity contribution in [2.24, 2.45) is 0 Å². The number of thiazole rings is 1. The van der Waals surface area contributed by atoms with Crippen LogP contribution in [0.1, 0.15) is 24.5 Å². The van der Waals surface area contributed by atoms with Crippen LogP contribution in [0, 0.1) is 6.92 Å². The van der Waals surface area contributed by atoms with Gasteiger partial charge >= 0.3 is 0 Å². The number of nitrogens with one attached hydrogen (secondary N) is 2. The molecule has 1 aromatic heterocycles. The number of likely N-dealkylation sites (N-methyl/N-ethyl adjacent to an activating group) is 1. The smallest absolute Gasteiger partial charge is 0.240 e. The lowest BCUT2D eigenvalue weighted by molar-refractivity contribution is -0.126. The first-order valence-electron chi connectivity index (χ1n) is 4.84. The van der Waals surface area contributed by atoms with Crippen LogP contribution in [0.3, 0.4) is 0 Å². The molecule has 0 saturated heterocycles. The predicted molar refractivity (Wildman–Crippen MR) is 61.8 cm³/mol. The van der Waals surface area contributed by atoms with Crippen molar-refractivity contribution < 1.29 is 4.79 Å². The highest BCUT2D eigenvalue weighted by molar-refractivity contribution is 7.09. The lowest BCUT2D eigenvalue weighted by Crippen LogP contribution is -2.50. The molecule has 0 aliphatic heterocycles. The molecule has 0 spiro atoms. The Morgan fingerprint density at radius 1 is 1.60 bits per heavy atom. The Kier molecular flexibility index (Phi) is 3.82. The van der Waals surface area contributed by atoms with E-state index in [-0.39, 0.29) is 5.91 Å². The summed E-state index contributed by atoms with van der Waals surface area (Å²) in [6.45, 7) is 6.13. The zero-order valence-corrected chi connectivity index (χ0v) is 10.4. The third kappa shape index (κ3) is 3.28. The Labute approximate surface area is 94.1 Å². The van der Waals surface area contributed by atoms with Gasteiger partial charge in [-0.2, -0.15) is 0 Å². The van der Waals surface area contributed by atoms with E-state index in [1.807, 2.05) is 26.2 Å². The molecule has 4 nitrogen and oxygen atoms in total. The highest BCUT2D eigenvalue weighted by Gasteiger charge is 2.24. The van der Waals surface area contributed by atoms with Gasteiger partial charge < -0.3 is 10.6 Å². The molecule has 1 heterocycles. The quantitative estimate of drug-likeness (QED) is 0.809. The van der Waals surface area contributed by atoms with Crippen molar-refractivity contribution in [1.82, 2.24) is 15.6 Å². The standard InChI is InChI=1S/C10H17N3OS/c1-7-13-8(6-15-7)5-12-9(14)10(2,3)11-4/h6,11H,5H2,1-4H3,(H,12,14). The summed E-state index contributed by atoms with van der Waals surface area (Å²) in [5, 5.41) is 8.78. The van der Waals surface area contributed by atoms with Crippen LogP contribution in [0.15, 0.2) is 5.38 Å². The summed E-state index contributed by atoms with van der Waals surface area (Å²) in [5.74, 6) is -0.0179. The Balaban J connectivity index is 2.47. The highest BCUT2D eigenvalue weighted by atomic mass is 32.1. The predicted octanol–water partition coefficient (Wildman–Crippen LogP) is 1.07. The number of hydrogen-bond acceptors (Lipinski definition) is 4. The Morgan fingerprint density at radius 3 is 2.73 bits per heavy atom. The zero-order valence-electron chi connectivity index (χ0n) is 9.55. The van der Waals surface area contributed by atoms with E-state index in [1.165, 1.54) is 0 Å². The van der Waals surface area contributed by atoms with E-state index in [0.717, 1.165) is 10.7 Å². The van der Waals surface area contributed by atoms with Gasteiger partial charge in [0.05, 0.1) is 22.8 Å². The largest absolute Gasteiger partial charge is 0.349 e. The molecule has 0 fully saturated rings. The van der Waals surface area contributed by atoms with E-state index in [0.29, 0.717) is 6.54 Å². The van der Waals surface area contributed by atoms with Crippen LogP contribution in [-0.4, -0.2) is 23.5 Å². The molecule has 1 rings (SSSR count). The van der Waals surface area contributed by atoms with Gasteiger partial charge in [0, 0.05) is 5.38 Å². The molecular weight excluding hydrogens is 210 g/mol. The van der Waals surface area contributed by atoms with Crippen LogP contribution >= 0.6 is 11.3 Å². The maximum Gasteiger partial charge on any atom is 0.240 e. The van der Waals surface area contributed by atoms with Crippen LogP contribution in [0.25, 0.3) is 0 Å². The molecule has 84 valence electrons. The minimum Gasteiger partial charge on any atom is -0.349 e. The molecule has 0 radical (unpaired) electrons. The molecule has 0 aromatic carbocycles. The number of hydrogen-bond donors (Lipinski definition) is 2. The SMILES string of the molecule is CNC(C)(C)C(=O)NCc1csc(C)n1. The van der Waals surface area contributed by atoms with Crippen molar-refractivity contribution in [2.75, 3.05) is 7.05 Å². The fraction of sp³-hybridized carbons (Fsp3) is 0.600. The molecule has 0 unspecified atom stereocenters. The Morgan fingerprint density at radius 2 is 2.27 bits per heavy atom. The highest BCUT2D eigenvalue weighted by Crippen LogP contribution is 2.08. The minimum atomic E-state index is -0.537. The van der Waals surface area contributed by atoms with Crippen molar-refractivity contribution >= 4 is 17.2 Å². The minimum absolute atomic E-state index is 0.0179. The van der Waals surface area contributed by atoms with Gasteiger partial charge in [0.1, 0.15) is 0 Å². The number of amides is 1. The van der Waals surface area contributed by atoms with Gasteiger partial charge in [-0.05, 0) is 27.8 Å². The van der Waals surface area contributed by atoms with Crippen molar-refractivity contribution in [3.8, 4) is 0 Å². The van der Waals surface area contributed by atoms with E-state index in [1.54, 1.807) is 18.4 Å². The molecule has 0 atom stereocenters. The monoisotopic (exact) mass is 227 g/mol. The summed E-state index contributed by atoms with van der Waals surface area (Å²) >= 11 is 1.59. The summed E-state index contributed by atoms with van der Waals surface area (Å²) in [6.07, 6.45) is 0. The van der Waals surface area contributed by atoms with E-state index < -0.39 is 5.54 Å². The molecule has 0 bridgehead atoms. The van der Waals surface area contributed by atoms with Crippen LogP contribution in [0.4, 0.5) is 0 Å². The van der Waals surface area contributed by atoms with Crippen molar-refractivity contribution in [2.45, 2.75) is 32.9 Å². The second-order valence-corrected chi connectivity index (χ2v) is 4.98. The normalized spacial score (nSPS) is 11.5. The van der Waals surface area contributed by atoms with Crippen LogP contribution in [0.2, 0.25) is 0 Å². The van der Waals surface area contributed by atoms with Crippen LogP contribution < -0.4 is 10.6 Å². The number of aromatic nitrogens is 1. The number of carbonyl (C=O) groups is 1. The number of nitrogens with zero attached hydrogens (tertiary/aromatic N) is 1. The first kappa shape index (κ1) is 12.1. The average molecular weight is 227 g/mol. The zero-order chi connectivity index (χ0) is 11.5.